The van der Waals surface area contributed by atoms with E-state index in [0.29, 0.717) is 6.04 Å². The van der Waals surface area contributed by atoms with Gasteiger partial charge in [0.25, 0.3) is 0 Å². The summed E-state index contributed by atoms with van der Waals surface area (Å²) in [4.78, 5) is 2.37. The molecule has 1 aromatic carbocycles. The van der Waals surface area contributed by atoms with Crippen molar-refractivity contribution in [3.8, 4) is 0 Å². The van der Waals surface area contributed by atoms with Crippen LogP contribution in [0.5, 0.6) is 0 Å². The van der Waals surface area contributed by atoms with Crippen LogP contribution >= 0.6 is 11.6 Å². The summed E-state index contributed by atoms with van der Waals surface area (Å²) in [5, 5.41) is 4.31. The van der Waals surface area contributed by atoms with Gasteiger partial charge in [0.15, 0.2) is 0 Å². The van der Waals surface area contributed by atoms with Crippen molar-refractivity contribution in [2.75, 3.05) is 20.1 Å². The van der Waals surface area contributed by atoms with E-state index in [-0.39, 0.29) is 0 Å². The zero-order chi connectivity index (χ0) is 13.5. The summed E-state index contributed by atoms with van der Waals surface area (Å²) in [5.41, 5.74) is 2.39. The molecule has 0 fully saturated rings. The first kappa shape index (κ1) is 15.5. The van der Waals surface area contributed by atoms with Crippen LogP contribution in [0.15, 0.2) is 18.2 Å². The van der Waals surface area contributed by atoms with Crippen LogP contribution in [-0.4, -0.2) is 31.1 Å². The zero-order valence-corrected chi connectivity index (χ0v) is 12.7. The third kappa shape index (κ3) is 5.38. The molecule has 0 amide bonds. The Morgan fingerprint density at radius 2 is 2.06 bits per heavy atom. The van der Waals surface area contributed by atoms with Gasteiger partial charge in [-0.15, -0.1) is 0 Å². The lowest BCUT2D eigenvalue weighted by molar-refractivity contribution is 0.269. The predicted molar refractivity (Wildman–Crippen MR) is 80.3 cm³/mol. The Hall–Kier alpha value is -0.570. The second-order valence-electron chi connectivity index (χ2n) is 5.19. The summed E-state index contributed by atoms with van der Waals surface area (Å²) < 4.78 is 0. The summed E-state index contributed by atoms with van der Waals surface area (Å²) in [6, 6.07) is 6.88. The number of halogens is 1. The number of hydrogen-bond donors (Lipinski definition) is 1. The van der Waals surface area contributed by atoms with Gasteiger partial charge in [0.05, 0.1) is 0 Å². The smallest absolute Gasteiger partial charge is 0.0438 e. The molecule has 0 spiro atoms. The first-order valence-corrected chi connectivity index (χ1v) is 7.04. The van der Waals surface area contributed by atoms with Crippen LogP contribution < -0.4 is 5.32 Å². The normalized spacial score (nSPS) is 11.5. The van der Waals surface area contributed by atoms with Crippen LogP contribution in [0.1, 0.15) is 31.4 Å². The van der Waals surface area contributed by atoms with E-state index in [1.807, 2.05) is 13.0 Å². The fraction of sp³-hybridized carbons (Fsp3) is 0.600. The number of nitrogens with one attached hydrogen (secondary N) is 1. The van der Waals surface area contributed by atoms with Crippen molar-refractivity contribution in [2.24, 2.45) is 0 Å². The maximum absolute atomic E-state index is 6.10. The molecule has 102 valence electrons. The third-order valence-electron chi connectivity index (χ3n) is 3.31. The lowest BCUT2D eigenvalue weighted by Crippen LogP contribution is -2.29. The highest BCUT2D eigenvalue weighted by Gasteiger charge is 2.02. The van der Waals surface area contributed by atoms with E-state index < -0.39 is 0 Å². The second-order valence-corrected chi connectivity index (χ2v) is 5.60. The molecular weight excluding hydrogens is 244 g/mol. The maximum atomic E-state index is 6.10. The Labute approximate surface area is 116 Å². The Morgan fingerprint density at radius 1 is 1.33 bits per heavy atom. The molecule has 0 bridgehead atoms. The van der Waals surface area contributed by atoms with Gasteiger partial charge in [0, 0.05) is 17.6 Å². The van der Waals surface area contributed by atoms with Crippen molar-refractivity contribution < 1.29 is 0 Å². The Balaban J connectivity index is 2.20. The molecule has 0 unspecified atom stereocenters. The largest absolute Gasteiger partial charge is 0.313 e. The summed E-state index contributed by atoms with van der Waals surface area (Å²) in [6.07, 6.45) is 1.17. The topological polar surface area (TPSA) is 15.3 Å². The SMILES string of the molecule is Cc1ccc(CNCCCN(C)C(C)C)cc1Cl. The van der Waals surface area contributed by atoms with E-state index in [4.69, 9.17) is 11.6 Å². The number of benzene rings is 1. The highest BCUT2D eigenvalue weighted by atomic mass is 35.5. The van der Waals surface area contributed by atoms with Crippen molar-refractivity contribution in [3.63, 3.8) is 0 Å². The van der Waals surface area contributed by atoms with Crippen LogP contribution in [0, 0.1) is 6.92 Å². The van der Waals surface area contributed by atoms with Gasteiger partial charge in [-0.05, 0) is 64.5 Å². The average Bonchev–Trinajstić information content (AvgIpc) is 2.32. The molecule has 0 saturated carbocycles. The van der Waals surface area contributed by atoms with Gasteiger partial charge in [-0.3, -0.25) is 0 Å². The van der Waals surface area contributed by atoms with Gasteiger partial charge >= 0.3 is 0 Å². The number of nitrogens with zero attached hydrogens (tertiary/aromatic N) is 1. The fourth-order valence-corrected chi connectivity index (χ4v) is 1.89. The minimum atomic E-state index is 0.626. The van der Waals surface area contributed by atoms with Crippen molar-refractivity contribution in [3.05, 3.63) is 34.3 Å². The van der Waals surface area contributed by atoms with Gasteiger partial charge in [-0.2, -0.15) is 0 Å². The van der Waals surface area contributed by atoms with E-state index in [2.05, 4.69) is 43.2 Å². The minimum Gasteiger partial charge on any atom is -0.313 e. The highest BCUT2D eigenvalue weighted by molar-refractivity contribution is 6.31. The van der Waals surface area contributed by atoms with Crippen LogP contribution in [0.2, 0.25) is 5.02 Å². The summed E-state index contributed by atoms with van der Waals surface area (Å²) in [5.74, 6) is 0. The molecule has 1 rings (SSSR count). The Morgan fingerprint density at radius 3 is 2.67 bits per heavy atom. The summed E-state index contributed by atoms with van der Waals surface area (Å²) in [6.45, 7) is 9.55. The predicted octanol–water partition coefficient (Wildman–Crippen LogP) is 3.47. The molecule has 0 aliphatic heterocycles. The van der Waals surface area contributed by atoms with Gasteiger partial charge in [0.2, 0.25) is 0 Å². The Kier molecular flexibility index (Phi) is 6.69. The van der Waals surface area contributed by atoms with Crippen LogP contribution in [0.4, 0.5) is 0 Å². The van der Waals surface area contributed by atoms with Crippen molar-refractivity contribution >= 4 is 11.6 Å². The third-order valence-corrected chi connectivity index (χ3v) is 3.72. The molecule has 0 radical (unpaired) electrons. The van der Waals surface area contributed by atoms with E-state index in [0.717, 1.165) is 30.2 Å². The second kappa shape index (κ2) is 7.78. The molecule has 3 heteroatoms. The minimum absolute atomic E-state index is 0.626. The van der Waals surface area contributed by atoms with Gasteiger partial charge in [-0.25, -0.2) is 0 Å². The lowest BCUT2D eigenvalue weighted by Gasteiger charge is -2.20. The molecular formula is C15H25ClN2. The van der Waals surface area contributed by atoms with Gasteiger partial charge in [0.1, 0.15) is 0 Å². The van der Waals surface area contributed by atoms with Crippen molar-refractivity contribution in [1.82, 2.24) is 10.2 Å². The number of aryl methyl sites for hydroxylation is 1. The zero-order valence-electron chi connectivity index (χ0n) is 12.0. The van der Waals surface area contributed by atoms with E-state index in [1.54, 1.807) is 0 Å². The quantitative estimate of drug-likeness (QED) is 0.762. The summed E-state index contributed by atoms with van der Waals surface area (Å²) in [7, 11) is 2.17. The lowest BCUT2D eigenvalue weighted by atomic mass is 10.1. The molecule has 0 heterocycles. The van der Waals surface area contributed by atoms with Gasteiger partial charge < -0.3 is 10.2 Å². The molecule has 0 aliphatic rings. The van der Waals surface area contributed by atoms with E-state index >= 15 is 0 Å². The van der Waals surface area contributed by atoms with E-state index in [9.17, 15) is 0 Å². The first-order valence-electron chi connectivity index (χ1n) is 6.66. The Bertz CT molecular complexity index is 364. The molecule has 0 aliphatic carbocycles. The van der Waals surface area contributed by atoms with Crippen LogP contribution in [0.25, 0.3) is 0 Å². The standard InChI is InChI=1S/C15H25ClN2/c1-12(2)18(4)9-5-8-17-11-14-7-6-13(3)15(16)10-14/h6-7,10,12,17H,5,8-9,11H2,1-4H3. The number of rotatable bonds is 7. The highest BCUT2D eigenvalue weighted by Crippen LogP contribution is 2.16. The number of hydrogen-bond acceptors (Lipinski definition) is 2. The average molecular weight is 269 g/mol. The van der Waals surface area contributed by atoms with Gasteiger partial charge in [-0.1, -0.05) is 23.7 Å². The molecule has 1 aromatic rings. The maximum Gasteiger partial charge on any atom is 0.0438 e. The van der Waals surface area contributed by atoms with Crippen LogP contribution in [-0.2, 0) is 6.54 Å². The molecule has 0 saturated heterocycles. The molecule has 1 N–H and O–H groups in total. The molecule has 18 heavy (non-hydrogen) atoms. The summed E-state index contributed by atoms with van der Waals surface area (Å²) >= 11 is 6.10. The van der Waals surface area contributed by atoms with Crippen LogP contribution in [0.3, 0.4) is 0 Å². The molecule has 0 atom stereocenters. The molecule has 2 nitrogen and oxygen atoms in total. The van der Waals surface area contributed by atoms with Crippen molar-refractivity contribution in [1.29, 1.82) is 0 Å². The fourth-order valence-electron chi connectivity index (χ4n) is 1.69. The first-order chi connectivity index (χ1) is 8.50. The molecule has 0 aromatic heterocycles. The monoisotopic (exact) mass is 268 g/mol. The van der Waals surface area contributed by atoms with E-state index in [1.165, 1.54) is 12.0 Å². The van der Waals surface area contributed by atoms with Crippen molar-refractivity contribution in [2.45, 2.75) is 39.8 Å².